The van der Waals surface area contributed by atoms with Crippen LogP contribution in [0.5, 0.6) is 0 Å². The third-order valence-corrected chi connectivity index (χ3v) is 3.15. The van der Waals surface area contributed by atoms with Gasteiger partial charge in [0.1, 0.15) is 5.82 Å². The maximum atomic E-state index is 12.9. The molecule has 18 heavy (non-hydrogen) atoms. The molecule has 2 aromatic carbocycles. The molecule has 0 spiro atoms. The number of hydrogen-bond acceptors (Lipinski definition) is 1. The summed E-state index contributed by atoms with van der Waals surface area (Å²) in [5, 5.41) is 9.96. The number of rotatable bonds is 3. The van der Waals surface area contributed by atoms with E-state index < -0.39 is 6.10 Å². The van der Waals surface area contributed by atoms with Gasteiger partial charge in [0.05, 0.1) is 6.10 Å². The Morgan fingerprint density at radius 3 is 1.78 bits per heavy atom. The summed E-state index contributed by atoms with van der Waals surface area (Å²) in [5.41, 5.74) is 3.15. The molecule has 1 N–H and O–H groups in total. The standard InChI is InChI=1S/C16H17FO/c1-11-3-5-13(6-4-11)16(12(2)18)14-7-9-15(17)10-8-14/h3-10,12,16,18H,1-2H3. The molecule has 0 aliphatic carbocycles. The first-order valence-corrected chi connectivity index (χ1v) is 6.08. The van der Waals surface area contributed by atoms with Crippen LogP contribution in [0, 0.1) is 12.7 Å². The van der Waals surface area contributed by atoms with Crippen molar-refractivity contribution in [2.75, 3.05) is 0 Å². The normalized spacial score (nSPS) is 14.2. The van der Waals surface area contributed by atoms with Gasteiger partial charge in [0.2, 0.25) is 0 Å². The highest BCUT2D eigenvalue weighted by molar-refractivity contribution is 5.35. The molecule has 2 atom stereocenters. The van der Waals surface area contributed by atoms with Crippen molar-refractivity contribution in [3.63, 3.8) is 0 Å². The Morgan fingerprint density at radius 2 is 1.33 bits per heavy atom. The molecule has 0 bridgehead atoms. The maximum absolute atomic E-state index is 12.9. The Balaban J connectivity index is 2.39. The monoisotopic (exact) mass is 244 g/mol. The van der Waals surface area contributed by atoms with Crippen LogP contribution in [0.2, 0.25) is 0 Å². The summed E-state index contributed by atoms with van der Waals surface area (Å²) in [6.07, 6.45) is -0.516. The van der Waals surface area contributed by atoms with Crippen LogP contribution in [-0.2, 0) is 0 Å². The van der Waals surface area contributed by atoms with Gasteiger partial charge in [-0.1, -0.05) is 42.0 Å². The average molecular weight is 244 g/mol. The zero-order chi connectivity index (χ0) is 13.1. The molecule has 2 aromatic rings. The lowest BCUT2D eigenvalue weighted by molar-refractivity contribution is 0.176. The van der Waals surface area contributed by atoms with Gasteiger partial charge in [-0.05, 0) is 37.1 Å². The zero-order valence-electron chi connectivity index (χ0n) is 10.6. The summed E-state index contributed by atoms with van der Waals surface area (Å²) < 4.78 is 12.9. The van der Waals surface area contributed by atoms with Crippen LogP contribution in [0.25, 0.3) is 0 Å². The fourth-order valence-corrected chi connectivity index (χ4v) is 2.19. The van der Waals surface area contributed by atoms with Crippen molar-refractivity contribution in [2.45, 2.75) is 25.9 Å². The number of hydrogen-bond donors (Lipinski definition) is 1. The third kappa shape index (κ3) is 2.77. The molecule has 2 unspecified atom stereocenters. The van der Waals surface area contributed by atoms with Gasteiger partial charge in [0.15, 0.2) is 0 Å². The van der Waals surface area contributed by atoms with E-state index in [1.165, 1.54) is 17.7 Å². The lowest BCUT2D eigenvalue weighted by atomic mass is 9.87. The largest absolute Gasteiger partial charge is 0.392 e. The van der Waals surface area contributed by atoms with Gasteiger partial charge < -0.3 is 5.11 Å². The van der Waals surface area contributed by atoms with Crippen molar-refractivity contribution in [3.8, 4) is 0 Å². The summed E-state index contributed by atoms with van der Waals surface area (Å²) in [6, 6.07) is 14.4. The molecular weight excluding hydrogens is 227 g/mol. The van der Waals surface area contributed by atoms with E-state index >= 15 is 0 Å². The van der Waals surface area contributed by atoms with Crippen LogP contribution >= 0.6 is 0 Å². The zero-order valence-corrected chi connectivity index (χ0v) is 10.6. The number of halogens is 1. The fraction of sp³-hybridized carbons (Fsp3) is 0.250. The summed E-state index contributed by atoms with van der Waals surface area (Å²) in [6.45, 7) is 3.78. The van der Waals surface area contributed by atoms with Crippen LogP contribution < -0.4 is 0 Å². The first-order valence-electron chi connectivity index (χ1n) is 6.08. The minimum atomic E-state index is -0.516. The van der Waals surface area contributed by atoms with E-state index in [9.17, 15) is 9.50 Å². The lowest BCUT2D eigenvalue weighted by Gasteiger charge is -2.21. The molecule has 0 aliphatic rings. The van der Waals surface area contributed by atoms with Crippen molar-refractivity contribution in [1.82, 2.24) is 0 Å². The van der Waals surface area contributed by atoms with Crippen molar-refractivity contribution < 1.29 is 9.50 Å². The van der Waals surface area contributed by atoms with E-state index in [4.69, 9.17) is 0 Å². The Morgan fingerprint density at radius 1 is 0.889 bits per heavy atom. The van der Waals surface area contributed by atoms with Crippen molar-refractivity contribution in [1.29, 1.82) is 0 Å². The molecule has 94 valence electrons. The Hall–Kier alpha value is -1.67. The van der Waals surface area contributed by atoms with Crippen LogP contribution in [0.1, 0.15) is 29.5 Å². The Kier molecular flexibility index (Phi) is 3.78. The van der Waals surface area contributed by atoms with Crippen molar-refractivity contribution >= 4 is 0 Å². The molecule has 0 amide bonds. The number of aryl methyl sites for hydroxylation is 1. The molecule has 0 fully saturated rings. The van der Waals surface area contributed by atoms with Crippen molar-refractivity contribution in [3.05, 3.63) is 71.0 Å². The average Bonchev–Trinajstić information content (AvgIpc) is 2.34. The molecule has 2 rings (SSSR count). The summed E-state index contributed by atoms with van der Waals surface area (Å²) in [4.78, 5) is 0. The van der Waals surface area contributed by atoms with E-state index in [1.807, 2.05) is 31.2 Å². The minimum Gasteiger partial charge on any atom is -0.392 e. The molecule has 1 nitrogen and oxygen atoms in total. The highest BCUT2D eigenvalue weighted by Gasteiger charge is 2.19. The van der Waals surface area contributed by atoms with Crippen molar-refractivity contribution in [2.24, 2.45) is 0 Å². The van der Waals surface area contributed by atoms with Crippen LogP contribution in [0.15, 0.2) is 48.5 Å². The second-order valence-corrected chi connectivity index (χ2v) is 4.68. The van der Waals surface area contributed by atoms with Crippen LogP contribution in [-0.4, -0.2) is 11.2 Å². The van der Waals surface area contributed by atoms with E-state index in [0.29, 0.717) is 0 Å². The number of benzene rings is 2. The van der Waals surface area contributed by atoms with Gasteiger partial charge >= 0.3 is 0 Å². The quantitative estimate of drug-likeness (QED) is 0.873. The second-order valence-electron chi connectivity index (χ2n) is 4.68. The van der Waals surface area contributed by atoms with Crippen LogP contribution in [0.4, 0.5) is 4.39 Å². The van der Waals surface area contributed by atoms with Gasteiger partial charge in [-0.2, -0.15) is 0 Å². The lowest BCUT2D eigenvalue weighted by Crippen LogP contribution is -2.16. The van der Waals surface area contributed by atoms with E-state index in [0.717, 1.165) is 11.1 Å². The summed E-state index contributed by atoms with van der Waals surface area (Å²) in [7, 11) is 0. The van der Waals surface area contributed by atoms with Gasteiger partial charge in [-0.15, -0.1) is 0 Å². The first kappa shape index (κ1) is 12.8. The fourth-order valence-electron chi connectivity index (χ4n) is 2.19. The van der Waals surface area contributed by atoms with E-state index in [2.05, 4.69) is 0 Å². The Bertz CT molecular complexity index is 454. The molecule has 0 heterocycles. The predicted octanol–water partition coefficient (Wildman–Crippen LogP) is 3.65. The molecule has 0 saturated carbocycles. The first-order chi connectivity index (χ1) is 8.58. The Labute approximate surface area is 107 Å². The van der Waals surface area contributed by atoms with E-state index in [-0.39, 0.29) is 11.7 Å². The topological polar surface area (TPSA) is 20.2 Å². The molecule has 0 aromatic heterocycles. The predicted molar refractivity (Wildman–Crippen MR) is 71.1 cm³/mol. The molecule has 2 heteroatoms. The van der Waals surface area contributed by atoms with E-state index in [1.54, 1.807) is 19.1 Å². The molecular formula is C16H17FO. The van der Waals surface area contributed by atoms with Gasteiger partial charge in [0.25, 0.3) is 0 Å². The minimum absolute atomic E-state index is 0.119. The molecule has 0 radical (unpaired) electrons. The smallest absolute Gasteiger partial charge is 0.123 e. The maximum Gasteiger partial charge on any atom is 0.123 e. The number of aliphatic hydroxyl groups is 1. The highest BCUT2D eigenvalue weighted by atomic mass is 19.1. The van der Waals surface area contributed by atoms with Gasteiger partial charge in [-0.25, -0.2) is 4.39 Å². The van der Waals surface area contributed by atoms with Gasteiger partial charge in [-0.3, -0.25) is 0 Å². The summed E-state index contributed by atoms with van der Waals surface area (Å²) >= 11 is 0. The SMILES string of the molecule is Cc1ccc(C(c2ccc(F)cc2)C(C)O)cc1. The summed E-state index contributed by atoms with van der Waals surface area (Å²) in [5.74, 6) is -0.377. The second kappa shape index (κ2) is 5.32. The van der Waals surface area contributed by atoms with Gasteiger partial charge in [0, 0.05) is 5.92 Å². The van der Waals surface area contributed by atoms with Crippen LogP contribution in [0.3, 0.4) is 0 Å². The molecule has 0 saturated heterocycles. The number of aliphatic hydroxyl groups excluding tert-OH is 1. The highest BCUT2D eigenvalue weighted by Crippen LogP contribution is 2.28. The molecule has 0 aliphatic heterocycles. The third-order valence-electron chi connectivity index (χ3n) is 3.15.